The van der Waals surface area contributed by atoms with Gasteiger partial charge in [0, 0.05) is 0 Å². The summed E-state index contributed by atoms with van der Waals surface area (Å²) < 4.78 is 12.8. The number of phenolic OH excluding ortho intramolecular Hbond substituents is 1. The summed E-state index contributed by atoms with van der Waals surface area (Å²) in [6.45, 7) is 11.6. The molecule has 4 heteroatoms. The molecule has 0 heterocycles. The first kappa shape index (κ1) is 19.2. The van der Waals surface area contributed by atoms with Gasteiger partial charge in [-0.05, 0) is 39.7 Å². The molecular formula is C16H27ClFNO. The SMILES string of the molecule is CC(C)(C)c1cc([C@@H](N)CF)cc(C(C)(C)C)c1O.Cl. The van der Waals surface area contributed by atoms with Crippen LogP contribution in [0.25, 0.3) is 0 Å². The molecule has 0 aliphatic rings. The van der Waals surface area contributed by atoms with E-state index >= 15 is 0 Å². The van der Waals surface area contributed by atoms with Gasteiger partial charge >= 0.3 is 0 Å². The van der Waals surface area contributed by atoms with Crippen LogP contribution in [0.5, 0.6) is 5.75 Å². The summed E-state index contributed by atoms with van der Waals surface area (Å²) >= 11 is 0. The summed E-state index contributed by atoms with van der Waals surface area (Å²) in [6.07, 6.45) is 0. The summed E-state index contributed by atoms with van der Waals surface area (Å²) in [5, 5.41) is 10.5. The van der Waals surface area contributed by atoms with Crippen LogP contribution >= 0.6 is 12.4 Å². The highest BCUT2D eigenvalue weighted by Gasteiger charge is 2.27. The van der Waals surface area contributed by atoms with E-state index in [1.54, 1.807) is 0 Å². The quantitative estimate of drug-likeness (QED) is 0.851. The third-order valence-electron chi connectivity index (χ3n) is 3.34. The molecule has 0 saturated heterocycles. The van der Waals surface area contributed by atoms with Crippen molar-refractivity contribution < 1.29 is 9.50 Å². The molecule has 0 fully saturated rings. The zero-order valence-electron chi connectivity index (χ0n) is 13.2. The van der Waals surface area contributed by atoms with Gasteiger partial charge in [-0.15, -0.1) is 12.4 Å². The molecule has 20 heavy (non-hydrogen) atoms. The molecule has 1 atom stereocenters. The van der Waals surface area contributed by atoms with E-state index in [-0.39, 0.29) is 23.2 Å². The molecule has 1 aromatic carbocycles. The molecule has 0 aliphatic heterocycles. The zero-order chi connectivity index (χ0) is 15.0. The molecule has 0 aromatic heterocycles. The number of alkyl halides is 1. The van der Waals surface area contributed by atoms with E-state index in [4.69, 9.17) is 5.73 Å². The molecule has 0 spiro atoms. The summed E-state index contributed by atoms with van der Waals surface area (Å²) in [5.74, 6) is 0.301. The highest BCUT2D eigenvalue weighted by molar-refractivity contribution is 5.85. The van der Waals surface area contributed by atoms with Crippen molar-refractivity contribution in [1.29, 1.82) is 0 Å². The third kappa shape index (κ3) is 4.10. The molecule has 0 saturated carbocycles. The Morgan fingerprint density at radius 3 is 1.65 bits per heavy atom. The normalized spacial score (nSPS) is 13.8. The molecule has 2 nitrogen and oxygen atoms in total. The molecule has 3 N–H and O–H groups in total. The molecule has 1 aromatic rings. The average Bonchev–Trinajstić information content (AvgIpc) is 2.25. The Morgan fingerprint density at radius 1 is 1.05 bits per heavy atom. The lowest BCUT2D eigenvalue weighted by Crippen LogP contribution is -2.20. The summed E-state index contributed by atoms with van der Waals surface area (Å²) in [7, 11) is 0. The zero-order valence-corrected chi connectivity index (χ0v) is 14.1. The van der Waals surface area contributed by atoms with Gasteiger partial charge in [-0.3, -0.25) is 0 Å². The number of hydrogen-bond donors (Lipinski definition) is 2. The van der Waals surface area contributed by atoms with E-state index in [1.807, 2.05) is 53.7 Å². The van der Waals surface area contributed by atoms with E-state index in [0.717, 1.165) is 16.7 Å². The van der Waals surface area contributed by atoms with Gasteiger partial charge in [-0.25, -0.2) is 4.39 Å². The molecule has 0 amide bonds. The fraction of sp³-hybridized carbons (Fsp3) is 0.625. The van der Waals surface area contributed by atoms with Gasteiger partial charge in [0.25, 0.3) is 0 Å². The van der Waals surface area contributed by atoms with Gasteiger partial charge in [0.15, 0.2) is 0 Å². The van der Waals surface area contributed by atoms with Crippen molar-refractivity contribution >= 4 is 12.4 Å². The van der Waals surface area contributed by atoms with Crippen molar-refractivity contribution in [1.82, 2.24) is 0 Å². The average molecular weight is 304 g/mol. The lowest BCUT2D eigenvalue weighted by Gasteiger charge is -2.29. The highest BCUT2D eigenvalue weighted by atomic mass is 35.5. The molecule has 0 radical (unpaired) electrons. The second-order valence-electron chi connectivity index (χ2n) is 7.23. The Labute approximate surface area is 128 Å². The predicted octanol–water partition coefficient (Wildman–Crippen LogP) is 4.38. The molecule has 0 aliphatic carbocycles. The monoisotopic (exact) mass is 303 g/mol. The maximum absolute atomic E-state index is 12.8. The van der Waals surface area contributed by atoms with E-state index in [2.05, 4.69) is 0 Å². The topological polar surface area (TPSA) is 46.2 Å². The number of halogens is 2. The number of benzene rings is 1. The second-order valence-corrected chi connectivity index (χ2v) is 7.23. The summed E-state index contributed by atoms with van der Waals surface area (Å²) in [4.78, 5) is 0. The fourth-order valence-corrected chi connectivity index (χ4v) is 2.10. The van der Waals surface area contributed by atoms with Gasteiger partial charge in [-0.2, -0.15) is 0 Å². The maximum Gasteiger partial charge on any atom is 0.123 e. The number of nitrogens with two attached hydrogens (primary N) is 1. The van der Waals surface area contributed by atoms with E-state index in [9.17, 15) is 9.50 Å². The predicted molar refractivity (Wildman–Crippen MR) is 85.7 cm³/mol. The van der Waals surface area contributed by atoms with Crippen LogP contribution in [0.1, 0.15) is 64.3 Å². The molecular weight excluding hydrogens is 277 g/mol. The maximum atomic E-state index is 12.8. The van der Waals surface area contributed by atoms with Gasteiger partial charge in [0.05, 0.1) is 6.04 Å². The highest BCUT2D eigenvalue weighted by Crippen LogP contribution is 2.40. The minimum absolute atomic E-state index is 0. The van der Waals surface area contributed by atoms with Gasteiger partial charge in [0.2, 0.25) is 0 Å². The van der Waals surface area contributed by atoms with Crippen LogP contribution in [0.2, 0.25) is 0 Å². The van der Waals surface area contributed by atoms with E-state index in [1.165, 1.54) is 0 Å². The van der Waals surface area contributed by atoms with Crippen molar-refractivity contribution in [3.63, 3.8) is 0 Å². The standard InChI is InChI=1S/C16H26FNO.ClH/c1-15(2,3)11-7-10(13(18)9-17)8-12(14(11)19)16(4,5)6;/h7-8,13,19H,9,18H2,1-6H3;1H/t13-;/m0./s1. The van der Waals surface area contributed by atoms with Gasteiger partial charge in [0.1, 0.15) is 12.4 Å². The lowest BCUT2D eigenvalue weighted by molar-refractivity contribution is 0.415. The van der Waals surface area contributed by atoms with Crippen molar-refractivity contribution in [2.24, 2.45) is 5.73 Å². The van der Waals surface area contributed by atoms with Crippen LogP contribution < -0.4 is 5.73 Å². The van der Waals surface area contributed by atoms with Crippen molar-refractivity contribution in [2.45, 2.75) is 58.4 Å². The Bertz CT molecular complexity index is 426. The van der Waals surface area contributed by atoms with Crippen LogP contribution in [-0.4, -0.2) is 11.8 Å². The first-order valence-electron chi connectivity index (χ1n) is 6.68. The van der Waals surface area contributed by atoms with Gasteiger partial charge < -0.3 is 10.8 Å². The lowest BCUT2D eigenvalue weighted by atomic mass is 9.78. The first-order valence-corrected chi connectivity index (χ1v) is 6.68. The number of aromatic hydroxyl groups is 1. The molecule has 1 rings (SSSR count). The summed E-state index contributed by atoms with van der Waals surface area (Å²) in [5.41, 5.74) is 7.77. The Hall–Kier alpha value is -0.800. The number of phenols is 1. The van der Waals surface area contributed by atoms with Crippen LogP contribution in [0.15, 0.2) is 12.1 Å². The van der Waals surface area contributed by atoms with E-state index in [0.29, 0.717) is 5.75 Å². The number of rotatable bonds is 2. The second kappa shape index (κ2) is 6.31. The Balaban J connectivity index is 0.00000361. The first-order chi connectivity index (χ1) is 8.48. The van der Waals surface area contributed by atoms with E-state index < -0.39 is 12.7 Å². The van der Waals surface area contributed by atoms with Crippen molar-refractivity contribution in [3.8, 4) is 5.75 Å². The van der Waals surface area contributed by atoms with Crippen LogP contribution in [0, 0.1) is 0 Å². The van der Waals surface area contributed by atoms with Gasteiger partial charge in [-0.1, -0.05) is 41.5 Å². The van der Waals surface area contributed by atoms with Crippen LogP contribution in [0.4, 0.5) is 4.39 Å². The molecule has 0 bridgehead atoms. The Morgan fingerprint density at radius 2 is 1.40 bits per heavy atom. The van der Waals surface area contributed by atoms with Crippen LogP contribution in [0.3, 0.4) is 0 Å². The van der Waals surface area contributed by atoms with Crippen LogP contribution in [-0.2, 0) is 10.8 Å². The third-order valence-corrected chi connectivity index (χ3v) is 3.34. The Kier molecular flexibility index (Phi) is 6.06. The number of hydrogen-bond acceptors (Lipinski definition) is 2. The van der Waals surface area contributed by atoms with Crippen molar-refractivity contribution in [3.05, 3.63) is 28.8 Å². The minimum atomic E-state index is -0.636. The van der Waals surface area contributed by atoms with Crippen molar-refractivity contribution in [2.75, 3.05) is 6.67 Å². The fourth-order valence-electron chi connectivity index (χ4n) is 2.10. The molecule has 0 unspecified atom stereocenters. The summed E-state index contributed by atoms with van der Waals surface area (Å²) in [6, 6.07) is 3.02. The molecule has 116 valence electrons. The largest absolute Gasteiger partial charge is 0.507 e. The smallest absolute Gasteiger partial charge is 0.123 e. The minimum Gasteiger partial charge on any atom is -0.507 e.